The molecule has 0 atom stereocenters. The molecule has 124 valence electrons. The summed E-state index contributed by atoms with van der Waals surface area (Å²) in [6.07, 6.45) is 0. The molecular weight excluding hydrogens is 326 g/mol. The fraction of sp³-hybridized carbons (Fsp3) is 0.235. The smallest absolute Gasteiger partial charge is 0.348 e. The van der Waals surface area contributed by atoms with Gasteiger partial charge in [0.05, 0.1) is 12.7 Å². The van der Waals surface area contributed by atoms with Crippen LogP contribution in [0.15, 0.2) is 24.3 Å². The molecule has 0 radical (unpaired) electrons. The molecule has 6 nitrogen and oxygen atoms in total. The Kier molecular flexibility index (Phi) is 5.21. The summed E-state index contributed by atoms with van der Waals surface area (Å²) in [6.45, 7) is 1.66. The number of ether oxygens (including phenoxy) is 1. The van der Waals surface area contributed by atoms with Gasteiger partial charge in [-0.15, -0.1) is 11.3 Å². The van der Waals surface area contributed by atoms with Gasteiger partial charge < -0.3 is 15.0 Å². The molecule has 24 heavy (non-hydrogen) atoms. The molecule has 2 rings (SSSR count). The van der Waals surface area contributed by atoms with Crippen molar-refractivity contribution in [3.63, 3.8) is 0 Å². The topological polar surface area (TPSA) is 82.4 Å². The number of benzene rings is 1. The largest absolute Gasteiger partial charge is 0.465 e. The molecule has 0 aliphatic rings. The second-order valence-electron chi connectivity index (χ2n) is 5.26. The SMILES string of the molecule is COC(=O)c1sc(NC(=O)c2ccc(N(C)C)cc2)c(C#N)c1C. The van der Waals surface area contributed by atoms with E-state index in [1.165, 1.54) is 7.11 Å². The van der Waals surface area contributed by atoms with Crippen LogP contribution in [-0.4, -0.2) is 33.1 Å². The molecule has 0 saturated carbocycles. The molecule has 0 saturated heterocycles. The van der Waals surface area contributed by atoms with Crippen molar-refractivity contribution >= 4 is 33.9 Å². The second-order valence-corrected chi connectivity index (χ2v) is 6.28. The lowest BCUT2D eigenvalue weighted by Gasteiger charge is -2.12. The van der Waals surface area contributed by atoms with E-state index in [9.17, 15) is 14.9 Å². The van der Waals surface area contributed by atoms with Crippen molar-refractivity contribution in [1.29, 1.82) is 5.26 Å². The van der Waals surface area contributed by atoms with Gasteiger partial charge in [0.15, 0.2) is 0 Å². The van der Waals surface area contributed by atoms with Gasteiger partial charge in [0.25, 0.3) is 5.91 Å². The van der Waals surface area contributed by atoms with Crippen molar-refractivity contribution in [2.24, 2.45) is 0 Å². The van der Waals surface area contributed by atoms with E-state index in [2.05, 4.69) is 5.32 Å². The highest BCUT2D eigenvalue weighted by Crippen LogP contribution is 2.33. The third kappa shape index (κ3) is 3.39. The highest BCUT2D eigenvalue weighted by Gasteiger charge is 2.22. The summed E-state index contributed by atoms with van der Waals surface area (Å²) in [6, 6.07) is 9.10. The number of nitriles is 1. The van der Waals surface area contributed by atoms with Gasteiger partial charge in [-0.2, -0.15) is 5.26 Å². The van der Waals surface area contributed by atoms with Gasteiger partial charge in [0.2, 0.25) is 0 Å². The van der Waals surface area contributed by atoms with Crippen molar-refractivity contribution in [2.45, 2.75) is 6.92 Å². The molecule has 0 unspecified atom stereocenters. The fourth-order valence-corrected chi connectivity index (χ4v) is 3.18. The van der Waals surface area contributed by atoms with Crippen LogP contribution in [0.5, 0.6) is 0 Å². The molecule has 1 aromatic heterocycles. The molecule has 0 aliphatic heterocycles. The van der Waals surface area contributed by atoms with Crippen LogP contribution in [0.2, 0.25) is 0 Å². The van der Waals surface area contributed by atoms with E-state index in [4.69, 9.17) is 4.74 Å². The van der Waals surface area contributed by atoms with Gasteiger partial charge >= 0.3 is 5.97 Å². The minimum Gasteiger partial charge on any atom is -0.465 e. The maximum Gasteiger partial charge on any atom is 0.348 e. The second kappa shape index (κ2) is 7.15. The maximum atomic E-state index is 12.4. The van der Waals surface area contributed by atoms with Gasteiger partial charge in [-0.05, 0) is 36.8 Å². The summed E-state index contributed by atoms with van der Waals surface area (Å²) in [7, 11) is 5.10. The standard InChI is InChI=1S/C17H17N3O3S/c1-10-13(9-18)16(24-14(10)17(22)23-4)19-15(21)11-5-7-12(8-6-11)20(2)3/h5-8H,1-4H3,(H,19,21). The third-order valence-electron chi connectivity index (χ3n) is 3.50. The zero-order valence-electron chi connectivity index (χ0n) is 13.8. The number of hydrogen-bond acceptors (Lipinski definition) is 6. The Hall–Kier alpha value is -2.85. The number of carbonyl (C=O) groups excluding carboxylic acids is 2. The molecule has 2 aromatic rings. The lowest BCUT2D eigenvalue weighted by molar-refractivity contribution is 0.0605. The first-order valence-electron chi connectivity index (χ1n) is 7.09. The Morgan fingerprint density at radius 2 is 1.88 bits per heavy atom. The fourth-order valence-electron chi connectivity index (χ4n) is 2.11. The van der Waals surface area contributed by atoms with Crippen molar-refractivity contribution < 1.29 is 14.3 Å². The zero-order valence-corrected chi connectivity index (χ0v) is 14.7. The van der Waals surface area contributed by atoms with Crippen molar-refractivity contribution in [3.8, 4) is 6.07 Å². The van der Waals surface area contributed by atoms with Crippen LogP contribution in [0.4, 0.5) is 10.7 Å². The van der Waals surface area contributed by atoms with Gasteiger partial charge in [0.1, 0.15) is 15.9 Å². The van der Waals surface area contributed by atoms with Gasteiger partial charge in [-0.1, -0.05) is 0 Å². The van der Waals surface area contributed by atoms with Crippen LogP contribution in [0, 0.1) is 18.3 Å². The molecular formula is C17H17N3O3S. The number of methoxy groups -OCH3 is 1. The van der Waals surface area contributed by atoms with Crippen LogP contribution in [0.25, 0.3) is 0 Å². The van der Waals surface area contributed by atoms with E-state index in [0.29, 0.717) is 21.0 Å². The molecule has 0 fully saturated rings. The van der Waals surface area contributed by atoms with Crippen molar-refractivity contribution in [2.75, 3.05) is 31.4 Å². The summed E-state index contributed by atoms with van der Waals surface area (Å²) in [4.78, 5) is 26.4. The van der Waals surface area contributed by atoms with E-state index < -0.39 is 5.97 Å². The number of esters is 1. The van der Waals surface area contributed by atoms with Gasteiger partial charge in [0, 0.05) is 25.3 Å². The van der Waals surface area contributed by atoms with Gasteiger partial charge in [-0.3, -0.25) is 4.79 Å². The van der Waals surface area contributed by atoms with Crippen LogP contribution >= 0.6 is 11.3 Å². The van der Waals surface area contributed by atoms with E-state index in [0.717, 1.165) is 17.0 Å². The van der Waals surface area contributed by atoms with Gasteiger partial charge in [-0.25, -0.2) is 4.79 Å². The number of amides is 1. The molecule has 7 heteroatoms. The third-order valence-corrected chi connectivity index (χ3v) is 4.69. The normalized spacial score (nSPS) is 9.96. The van der Waals surface area contributed by atoms with E-state index in [1.807, 2.05) is 37.2 Å². The van der Waals surface area contributed by atoms with E-state index in [-0.39, 0.29) is 11.5 Å². The summed E-state index contributed by atoms with van der Waals surface area (Å²) in [5.74, 6) is -0.862. The number of carbonyl (C=O) groups is 2. The minimum atomic E-state index is -0.523. The van der Waals surface area contributed by atoms with Crippen LogP contribution < -0.4 is 10.2 Å². The lowest BCUT2D eigenvalue weighted by Crippen LogP contribution is -2.13. The number of nitrogens with one attached hydrogen (secondary N) is 1. The predicted molar refractivity (Wildman–Crippen MR) is 93.8 cm³/mol. The molecule has 0 aliphatic carbocycles. The lowest BCUT2D eigenvalue weighted by atomic mass is 10.1. The first-order chi connectivity index (χ1) is 11.4. The zero-order chi connectivity index (χ0) is 17.9. The molecule has 1 amide bonds. The number of anilines is 2. The Morgan fingerprint density at radius 3 is 2.38 bits per heavy atom. The Balaban J connectivity index is 2.29. The van der Waals surface area contributed by atoms with Crippen molar-refractivity contribution in [3.05, 3.63) is 45.8 Å². The van der Waals surface area contributed by atoms with Crippen molar-refractivity contribution in [1.82, 2.24) is 0 Å². The minimum absolute atomic E-state index is 0.277. The Morgan fingerprint density at radius 1 is 1.25 bits per heavy atom. The van der Waals surface area contributed by atoms with Crippen LogP contribution in [0.3, 0.4) is 0 Å². The van der Waals surface area contributed by atoms with E-state index >= 15 is 0 Å². The number of thiophene rings is 1. The summed E-state index contributed by atoms with van der Waals surface area (Å²) >= 11 is 1.04. The Labute approximate surface area is 144 Å². The number of rotatable bonds is 4. The summed E-state index contributed by atoms with van der Waals surface area (Å²) < 4.78 is 4.70. The Bertz CT molecular complexity index is 817. The molecule has 1 N–H and O–H groups in total. The molecule has 0 spiro atoms. The summed E-state index contributed by atoms with van der Waals surface area (Å²) in [5.41, 5.74) is 2.23. The molecule has 0 bridgehead atoms. The first-order valence-corrected chi connectivity index (χ1v) is 7.91. The quantitative estimate of drug-likeness (QED) is 0.863. The molecule has 1 aromatic carbocycles. The first kappa shape index (κ1) is 17.5. The van der Waals surface area contributed by atoms with Crippen LogP contribution in [0.1, 0.15) is 31.2 Å². The number of nitrogens with zero attached hydrogens (tertiary/aromatic N) is 2. The highest BCUT2D eigenvalue weighted by molar-refractivity contribution is 7.18. The summed E-state index contributed by atoms with van der Waals surface area (Å²) in [5, 5.41) is 12.3. The average molecular weight is 343 g/mol. The average Bonchev–Trinajstić information content (AvgIpc) is 2.89. The van der Waals surface area contributed by atoms with E-state index in [1.54, 1.807) is 19.1 Å². The maximum absolute atomic E-state index is 12.4. The monoisotopic (exact) mass is 343 g/mol. The van der Waals surface area contributed by atoms with Crippen LogP contribution in [-0.2, 0) is 4.74 Å². The predicted octanol–water partition coefficient (Wildman–Crippen LogP) is 3.03. The number of hydrogen-bond donors (Lipinski definition) is 1. The highest BCUT2D eigenvalue weighted by atomic mass is 32.1. The molecule has 1 heterocycles.